The van der Waals surface area contributed by atoms with Crippen LogP contribution in [-0.2, 0) is 5.41 Å². The van der Waals surface area contributed by atoms with Gasteiger partial charge in [0.15, 0.2) is 8.07 Å². The minimum absolute atomic E-state index is 0.117. The molecule has 0 saturated carbocycles. The van der Waals surface area contributed by atoms with Crippen LogP contribution in [-0.4, -0.2) is 24.2 Å². The average molecular weight is 765 g/mol. The highest BCUT2D eigenvalue weighted by Crippen LogP contribution is 2.41. The van der Waals surface area contributed by atoms with E-state index in [1.54, 1.807) is 0 Å². The summed E-state index contributed by atoms with van der Waals surface area (Å²) >= 11 is 0. The third-order valence-corrected chi connectivity index (χ3v) is 24.1. The Morgan fingerprint density at radius 2 is 0.891 bits per heavy atom. The van der Waals surface area contributed by atoms with Gasteiger partial charge in [-0.15, -0.1) is 0 Å². The summed E-state index contributed by atoms with van der Waals surface area (Å²) in [6, 6.07) is 61.2. The molecule has 0 radical (unpaired) electrons. The van der Waals surface area contributed by atoms with E-state index in [4.69, 9.17) is 9.47 Å². The van der Waals surface area contributed by atoms with Crippen LogP contribution in [0.1, 0.15) is 26.3 Å². The Kier molecular flexibility index (Phi) is 8.35. The van der Waals surface area contributed by atoms with E-state index < -0.39 is 24.2 Å². The van der Waals surface area contributed by atoms with Crippen molar-refractivity contribution in [2.45, 2.75) is 52.4 Å². The van der Waals surface area contributed by atoms with Gasteiger partial charge in [0.05, 0.1) is 0 Å². The molecule has 2 aliphatic heterocycles. The normalized spacial score (nSPS) is 15.0. The van der Waals surface area contributed by atoms with E-state index in [0.717, 1.165) is 28.6 Å². The predicted octanol–water partition coefficient (Wildman–Crippen LogP) is 7.89. The molecule has 5 heteroatoms. The maximum absolute atomic E-state index is 7.19. The fourth-order valence-corrected chi connectivity index (χ4v) is 20.1. The van der Waals surface area contributed by atoms with E-state index in [9.17, 15) is 0 Å². The Labute approximate surface area is 329 Å². The molecule has 2 heterocycles. The van der Waals surface area contributed by atoms with Crippen molar-refractivity contribution >= 4 is 65.7 Å². The Bertz CT molecular complexity index is 2550. The van der Waals surface area contributed by atoms with Crippen molar-refractivity contribution in [3.8, 4) is 34.1 Å². The van der Waals surface area contributed by atoms with Gasteiger partial charge in [-0.05, 0) is 70.2 Å². The number of hydrogen-bond acceptors (Lipinski definition) is 2. The third-order valence-electron chi connectivity index (χ3n) is 12.3. The maximum Gasteiger partial charge on any atom is 0.183 e. The van der Waals surface area contributed by atoms with Crippen LogP contribution < -0.4 is 51.0 Å². The number of rotatable bonds is 5. The summed E-state index contributed by atoms with van der Waals surface area (Å²) in [5, 5.41) is 10.7. The van der Waals surface area contributed by atoms with Gasteiger partial charge in [-0.2, -0.15) is 0 Å². The van der Waals surface area contributed by atoms with Gasteiger partial charge in [-0.25, -0.2) is 0 Å². The Hall–Kier alpha value is -5.21. The molecular weight excluding hydrogens is 717 g/mol. The van der Waals surface area contributed by atoms with Gasteiger partial charge in [0.2, 0.25) is 0 Å². The van der Waals surface area contributed by atoms with Crippen LogP contribution in [0.15, 0.2) is 164 Å². The third kappa shape index (κ3) is 5.47. The first-order valence-electron chi connectivity index (χ1n) is 19.5. The van der Waals surface area contributed by atoms with Gasteiger partial charge in [0.25, 0.3) is 0 Å². The summed E-state index contributed by atoms with van der Waals surface area (Å²) in [7, 11) is -7.24. The summed E-state index contributed by atoms with van der Waals surface area (Å²) < 4.78 is 14.2. The standard InChI is InChI=1S/C50H48O2Si3/c1-50(2,3)40-33-32-37(34-39(40)38-24-18-29-45-48(38)51-41-25-14-16-27-43(41)53(45,4)5)55(35-20-10-8-11-21-35,36-22-12-9-13-23-36)47-31-19-30-46-49(47)52-42-26-15-17-28-44(42)54(46,6)7/h8-34H,1-7H3. The van der Waals surface area contributed by atoms with Crippen molar-refractivity contribution in [3.05, 3.63) is 169 Å². The van der Waals surface area contributed by atoms with Crippen LogP contribution in [0.2, 0.25) is 26.2 Å². The second kappa shape index (κ2) is 12.9. The first-order chi connectivity index (χ1) is 26.4. The topological polar surface area (TPSA) is 18.5 Å². The summed E-state index contributed by atoms with van der Waals surface area (Å²) in [6.45, 7) is 16.9. The van der Waals surface area contributed by atoms with Crippen LogP contribution in [0.25, 0.3) is 11.1 Å². The smallest absolute Gasteiger partial charge is 0.183 e. The lowest BCUT2D eigenvalue weighted by Crippen LogP contribution is -2.75. The molecule has 0 N–H and O–H groups in total. The molecule has 272 valence electrons. The molecule has 2 nitrogen and oxygen atoms in total. The minimum atomic E-state index is -3.07. The summed E-state index contributed by atoms with van der Waals surface area (Å²) in [4.78, 5) is 0. The molecule has 0 saturated heterocycles. The highest BCUT2D eigenvalue weighted by molar-refractivity contribution is 7.20. The number of para-hydroxylation sites is 4. The summed E-state index contributed by atoms with van der Waals surface area (Å²) in [5.74, 6) is 4.04. The molecule has 7 aromatic carbocycles. The fraction of sp³-hybridized carbons (Fsp3) is 0.160. The molecule has 0 amide bonds. The highest BCUT2D eigenvalue weighted by atomic mass is 28.3. The van der Waals surface area contributed by atoms with E-state index in [1.165, 1.54) is 52.6 Å². The van der Waals surface area contributed by atoms with E-state index in [2.05, 4.69) is 211 Å². The zero-order valence-corrected chi connectivity index (χ0v) is 35.9. The molecule has 0 aromatic heterocycles. The zero-order valence-electron chi connectivity index (χ0n) is 32.9. The number of fused-ring (bicyclic) bond motifs is 4. The Morgan fingerprint density at radius 3 is 1.45 bits per heavy atom. The van der Waals surface area contributed by atoms with Gasteiger partial charge in [0.1, 0.15) is 39.1 Å². The maximum atomic E-state index is 7.19. The molecule has 0 bridgehead atoms. The van der Waals surface area contributed by atoms with E-state index in [-0.39, 0.29) is 5.41 Å². The molecule has 0 spiro atoms. The van der Waals surface area contributed by atoms with E-state index >= 15 is 0 Å². The average Bonchev–Trinajstić information content (AvgIpc) is 3.19. The predicted molar refractivity (Wildman–Crippen MR) is 241 cm³/mol. The lowest BCUT2D eigenvalue weighted by atomic mass is 9.81. The molecule has 0 unspecified atom stereocenters. The number of benzene rings is 7. The quantitative estimate of drug-likeness (QED) is 0.131. The van der Waals surface area contributed by atoms with Crippen LogP contribution in [0, 0.1) is 0 Å². The lowest BCUT2D eigenvalue weighted by molar-refractivity contribution is 0.488. The highest BCUT2D eigenvalue weighted by Gasteiger charge is 2.48. The summed E-state index contributed by atoms with van der Waals surface area (Å²) in [6.07, 6.45) is 0. The van der Waals surface area contributed by atoms with Gasteiger partial charge in [0, 0.05) is 5.56 Å². The SMILES string of the molecule is CC(C)(C)c1ccc([Si](c2ccccc2)(c2ccccc2)c2cccc3c2Oc2ccccc2[Si]3(C)C)cc1-c1cccc2c1Oc1ccccc1[Si]2(C)C. The largest absolute Gasteiger partial charge is 0.458 e. The Balaban J connectivity index is 1.38. The first-order valence-corrected chi connectivity index (χ1v) is 27.5. The molecule has 0 atom stereocenters. The van der Waals surface area contributed by atoms with Crippen molar-refractivity contribution in [3.63, 3.8) is 0 Å². The molecule has 7 aromatic rings. The second-order valence-electron chi connectivity index (χ2n) is 17.3. The molecule has 0 aliphatic carbocycles. The second-order valence-corrected chi connectivity index (χ2v) is 29.7. The molecule has 2 aliphatic rings. The fourth-order valence-electron chi connectivity index (χ4n) is 9.44. The van der Waals surface area contributed by atoms with E-state index in [0.29, 0.717) is 0 Å². The van der Waals surface area contributed by atoms with Gasteiger partial charge < -0.3 is 9.47 Å². The number of ether oxygens (including phenoxy) is 2. The molecule has 0 fully saturated rings. The van der Waals surface area contributed by atoms with Crippen LogP contribution in [0.5, 0.6) is 23.0 Å². The minimum Gasteiger partial charge on any atom is -0.458 e. The van der Waals surface area contributed by atoms with Crippen molar-refractivity contribution in [2.24, 2.45) is 0 Å². The monoisotopic (exact) mass is 764 g/mol. The van der Waals surface area contributed by atoms with Crippen LogP contribution >= 0.6 is 0 Å². The lowest BCUT2D eigenvalue weighted by Gasteiger charge is -2.40. The molecule has 55 heavy (non-hydrogen) atoms. The van der Waals surface area contributed by atoms with Gasteiger partial charge in [-0.3, -0.25) is 0 Å². The van der Waals surface area contributed by atoms with Gasteiger partial charge in [-0.1, -0.05) is 199 Å². The first kappa shape index (κ1) is 35.5. The van der Waals surface area contributed by atoms with Gasteiger partial charge >= 0.3 is 0 Å². The van der Waals surface area contributed by atoms with Crippen molar-refractivity contribution in [2.75, 3.05) is 0 Å². The van der Waals surface area contributed by atoms with E-state index in [1.807, 2.05) is 0 Å². The van der Waals surface area contributed by atoms with Crippen molar-refractivity contribution in [1.82, 2.24) is 0 Å². The van der Waals surface area contributed by atoms with Crippen molar-refractivity contribution in [1.29, 1.82) is 0 Å². The van der Waals surface area contributed by atoms with Crippen molar-refractivity contribution < 1.29 is 9.47 Å². The number of hydrogen-bond donors (Lipinski definition) is 0. The zero-order chi connectivity index (χ0) is 38.2. The molecular formula is C50H48O2Si3. The van der Waals surface area contributed by atoms with Crippen LogP contribution in [0.3, 0.4) is 0 Å². The summed E-state index contributed by atoms with van der Waals surface area (Å²) in [5.41, 5.74) is 3.59. The Morgan fingerprint density at radius 1 is 0.418 bits per heavy atom. The van der Waals surface area contributed by atoms with Crippen LogP contribution in [0.4, 0.5) is 0 Å². The molecule has 9 rings (SSSR count).